The number of carbonyl (C=O) groups excluding carboxylic acids is 2. The van der Waals surface area contributed by atoms with Crippen LogP contribution in [0, 0.1) is 5.82 Å². The highest BCUT2D eigenvalue weighted by atomic mass is 19.1. The van der Waals surface area contributed by atoms with E-state index >= 15 is 0 Å². The summed E-state index contributed by atoms with van der Waals surface area (Å²) in [4.78, 5) is 22.6. The van der Waals surface area contributed by atoms with Crippen LogP contribution in [0.3, 0.4) is 0 Å². The number of amides is 1. The maximum Gasteiger partial charge on any atom is 0.315 e. The number of primary amides is 1. The van der Waals surface area contributed by atoms with Crippen LogP contribution in [0.1, 0.15) is 15.9 Å². The molecule has 0 atom stereocenters. The normalized spacial score (nSPS) is 10.1. The van der Waals surface area contributed by atoms with Crippen molar-refractivity contribution in [3.63, 3.8) is 0 Å². The Bertz CT molecular complexity index is 638. The van der Waals surface area contributed by atoms with Crippen molar-refractivity contribution in [1.29, 1.82) is 0 Å². The minimum absolute atomic E-state index is 0.162. The van der Waals surface area contributed by atoms with Gasteiger partial charge in [0.1, 0.15) is 11.6 Å². The van der Waals surface area contributed by atoms with Crippen molar-refractivity contribution >= 4 is 11.9 Å². The fourth-order valence-electron chi connectivity index (χ4n) is 1.65. The van der Waals surface area contributed by atoms with Crippen LogP contribution in [0.4, 0.5) is 4.39 Å². The minimum Gasteiger partial charge on any atom is -0.426 e. The lowest BCUT2D eigenvalue weighted by Gasteiger charge is -2.05. The van der Waals surface area contributed by atoms with E-state index in [1.165, 1.54) is 36.4 Å². The van der Waals surface area contributed by atoms with Gasteiger partial charge in [0.05, 0.1) is 6.42 Å². The van der Waals surface area contributed by atoms with Crippen molar-refractivity contribution in [2.24, 2.45) is 5.73 Å². The summed E-state index contributed by atoms with van der Waals surface area (Å²) in [6.45, 7) is 0. The van der Waals surface area contributed by atoms with Crippen LogP contribution < -0.4 is 10.5 Å². The summed E-state index contributed by atoms with van der Waals surface area (Å²) < 4.78 is 18.4. The predicted molar refractivity (Wildman–Crippen MR) is 70.7 cm³/mol. The molecule has 20 heavy (non-hydrogen) atoms. The summed E-state index contributed by atoms with van der Waals surface area (Å²) in [7, 11) is 0. The second kappa shape index (κ2) is 5.97. The van der Waals surface area contributed by atoms with E-state index in [4.69, 9.17) is 10.5 Å². The number of hydrogen-bond acceptors (Lipinski definition) is 3. The second-order valence-electron chi connectivity index (χ2n) is 4.13. The molecule has 0 aliphatic heterocycles. The fraction of sp³-hybridized carbons (Fsp3) is 0.0667. The Morgan fingerprint density at radius 2 is 1.70 bits per heavy atom. The SMILES string of the molecule is NC(=O)c1ccc(OC(=O)Cc2ccccc2F)cc1. The molecule has 0 aliphatic rings. The zero-order valence-electron chi connectivity index (χ0n) is 10.5. The lowest BCUT2D eigenvalue weighted by molar-refractivity contribution is -0.133. The number of carbonyl (C=O) groups is 2. The van der Waals surface area contributed by atoms with E-state index in [-0.39, 0.29) is 17.7 Å². The first-order chi connectivity index (χ1) is 9.56. The molecule has 0 heterocycles. The molecule has 0 aromatic heterocycles. The van der Waals surface area contributed by atoms with Crippen molar-refractivity contribution in [2.45, 2.75) is 6.42 Å². The van der Waals surface area contributed by atoms with Crippen molar-refractivity contribution in [3.8, 4) is 5.75 Å². The van der Waals surface area contributed by atoms with Crippen molar-refractivity contribution in [2.75, 3.05) is 0 Å². The molecule has 2 aromatic carbocycles. The predicted octanol–water partition coefficient (Wildman–Crippen LogP) is 2.07. The third-order valence-electron chi connectivity index (χ3n) is 2.66. The monoisotopic (exact) mass is 273 g/mol. The van der Waals surface area contributed by atoms with Gasteiger partial charge < -0.3 is 10.5 Å². The molecule has 4 nitrogen and oxygen atoms in total. The molecule has 0 radical (unpaired) electrons. The second-order valence-corrected chi connectivity index (χ2v) is 4.13. The molecule has 2 aromatic rings. The summed E-state index contributed by atoms with van der Waals surface area (Å²) in [6, 6.07) is 11.8. The molecule has 2 N–H and O–H groups in total. The Labute approximate surface area is 115 Å². The fourth-order valence-corrected chi connectivity index (χ4v) is 1.65. The lowest BCUT2D eigenvalue weighted by Crippen LogP contribution is -2.13. The molecular weight excluding hydrogens is 261 g/mol. The molecule has 0 saturated heterocycles. The average molecular weight is 273 g/mol. The Morgan fingerprint density at radius 3 is 2.30 bits per heavy atom. The molecule has 0 aliphatic carbocycles. The van der Waals surface area contributed by atoms with Crippen LogP contribution >= 0.6 is 0 Å². The van der Waals surface area contributed by atoms with Gasteiger partial charge in [-0.2, -0.15) is 0 Å². The van der Waals surface area contributed by atoms with Gasteiger partial charge >= 0.3 is 5.97 Å². The van der Waals surface area contributed by atoms with Gasteiger partial charge in [0.2, 0.25) is 5.91 Å². The quantitative estimate of drug-likeness (QED) is 0.685. The summed E-state index contributed by atoms with van der Waals surface area (Å²) >= 11 is 0. The van der Waals surface area contributed by atoms with Crippen LogP contribution in [0.25, 0.3) is 0 Å². The standard InChI is InChI=1S/C15H12FNO3/c16-13-4-2-1-3-11(13)9-14(18)20-12-7-5-10(6-8-12)15(17)19/h1-8H,9H2,(H2,17,19). The van der Waals surface area contributed by atoms with E-state index in [0.717, 1.165) is 0 Å². The molecule has 0 fully saturated rings. The maximum atomic E-state index is 13.4. The Morgan fingerprint density at radius 1 is 1.05 bits per heavy atom. The maximum absolute atomic E-state index is 13.4. The van der Waals surface area contributed by atoms with Gasteiger partial charge in [-0.25, -0.2) is 4.39 Å². The van der Waals surface area contributed by atoms with Crippen LogP contribution in [0.15, 0.2) is 48.5 Å². The summed E-state index contributed by atoms with van der Waals surface area (Å²) in [5.41, 5.74) is 5.68. The number of ether oxygens (including phenoxy) is 1. The molecule has 0 bridgehead atoms. The molecule has 0 spiro atoms. The highest BCUT2D eigenvalue weighted by Gasteiger charge is 2.10. The summed E-state index contributed by atoms with van der Waals surface area (Å²) in [5, 5.41) is 0. The topological polar surface area (TPSA) is 69.4 Å². The van der Waals surface area contributed by atoms with E-state index in [9.17, 15) is 14.0 Å². The van der Waals surface area contributed by atoms with Gasteiger partial charge in [0, 0.05) is 5.56 Å². The number of rotatable bonds is 4. The van der Waals surface area contributed by atoms with E-state index in [0.29, 0.717) is 5.56 Å². The van der Waals surface area contributed by atoms with Gasteiger partial charge in [-0.1, -0.05) is 18.2 Å². The van der Waals surface area contributed by atoms with Gasteiger partial charge in [-0.3, -0.25) is 9.59 Å². The number of nitrogens with two attached hydrogens (primary N) is 1. The molecule has 5 heteroatoms. The van der Waals surface area contributed by atoms with Crippen LogP contribution in [-0.2, 0) is 11.2 Å². The minimum atomic E-state index is -0.582. The van der Waals surface area contributed by atoms with Crippen LogP contribution in [0.5, 0.6) is 5.75 Å². The first-order valence-electron chi connectivity index (χ1n) is 5.90. The molecular formula is C15H12FNO3. The van der Waals surface area contributed by atoms with Gasteiger partial charge in [0.15, 0.2) is 0 Å². The van der Waals surface area contributed by atoms with E-state index < -0.39 is 17.7 Å². The highest BCUT2D eigenvalue weighted by Crippen LogP contribution is 2.14. The zero-order valence-corrected chi connectivity index (χ0v) is 10.5. The highest BCUT2D eigenvalue weighted by molar-refractivity contribution is 5.92. The lowest BCUT2D eigenvalue weighted by atomic mass is 10.1. The number of esters is 1. The molecule has 0 unspecified atom stereocenters. The third-order valence-corrected chi connectivity index (χ3v) is 2.66. The van der Waals surface area contributed by atoms with Gasteiger partial charge in [0.25, 0.3) is 0 Å². The Hall–Kier alpha value is -2.69. The third kappa shape index (κ3) is 3.41. The van der Waals surface area contributed by atoms with Crippen LogP contribution in [0.2, 0.25) is 0 Å². The van der Waals surface area contributed by atoms with Crippen molar-refractivity contribution in [3.05, 3.63) is 65.5 Å². The van der Waals surface area contributed by atoms with E-state index in [2.05, 4.69) is 0 Å². The van der Waals surface area contributed by atoms with E-state index in [1.54, 1.807) is 12.1 Å². The molecule has 2 rings (SSSR count). The smallest absolute Gasteiger partial charge is 0.315 e. The number of hydrogen-bond donors (Lipinski definition) is 1. The zero-order chi connectivity index (χ0) is 14.5. The number of benzene rings is 2. The number of halogens is 1. The first kappa shape index (κ1) is 13.7. The van der Waals surface area contributed by atoms with Crippen molar-refractivity contribution < 1.29 is 18.7 Å². The van der Waals surface area contributed by atoms with Crippen molar-refractivity contribution in [1.82, 2.24) is 0 Å². The Balaban J connectivity index is 2.01. The van der Waals surface area contributed by atoms with Gasteiger partial charge in [-0.15, -0.1) is 0 Å². The Kier molecular flexibility index (Phi) is 4.10. The molecule has 0 saturated carbocycles. The van der Waals surface area contributed by atoms with Crippen LogP contribution in [-0.4, -0.2) is 11.9 Å². The van der Waals surface area contributed by atoms with E-state index in [1.807, 2.05) is 0 Å². The van der Waals surface area contributed by atoms with Gasteiger partial charge in [-0.05, 0) is 35.9 Å². The molecule has 1 amide bonds. The first-order valence-corrected chi connectivity index (χ1v) is 5.90. The average Bonchev–Trinajstić information content (AvgIpc) is 2.42. The summed E-state index contributed by atoms with van der Waals surface area (Å²) in [5.74, 6) is -1.32. The molecule has 102 valence electrons. The summed E-state index contributed by atoms with van der Waals surface area (Å²) in [6.07, 6.45) is -0.162. The largest absolute Gasteiger partial charge is 0.426 e.